The van der Waals surface area contributed by atoms with Crippen molar-refractivity contribution in [3.63, 3.8) is 0 Å². The number of nitro groups is 1. The van der Waals surface area contributed by atoms with E-state index >= 15 is 0 Å². The normalized spacial score (nSPS) is 17.1. The van der Waals surface area contributed by atoms with Crippen LogP contribution in [0.2, 0.25) is 0 Å². The van der Waals surface area contributed by atoms with Crippen LogP contribution in [0.15, 0.2) is 42.4 Å². The van der Waals surface area contributed by atoms with Crippen molar-refractivity contribution in [3.05, 3.63) is 58.0 Å². The molecule has 0 aliphatic carbocycles. The second kappa shape index (κ2) is 7.87. The first-order chi connectivity index (χ1) is 11.7. The standard InChI is InChI=1S/C17H24N4O4/c1-17(2,3)25-16(22)19-14(13-7-5-4-6-8-13)11-20-10-9-18-15(20)12-21(23)24/h4-8,12,14,18H,9-11H2,1-3H3,(H,19,22)/b15-12+/t14-/m1/s1. The van der Waals surface area contributed by atoms with E-state index in [9.17, 15) is 14.9 Å². The lowest BCUT2D eigenvalue weighted by Gasteiger charge is -2.27. The van der Waals surface area contributed by atoms with E-state index in [0.717, 1.165) is 11.8 Å². The van der Waals surface area contributed by atoms with Crippen molar-refractivity contribution >= 4 is 6.09 Å². The van der Waals surface area contributed by atoms with Crippen LogP contribution in [0, 0.1) is 10.1 Å². The second-order valence-corrected chi connectivity index (χ2v) is 6.78. The van der Waals surface area contributed by atoms with Crippen LogP contribution >= 0.6 is 0 Å². The summed E-state index contributed by atoms with van der Waals surface area (Å²) in [7, 11) is 0. The third-order valence-corrected chi connectivity index (χ3v) is 3.55. The highest BCUT2D eigenvalue weighted by Crippen LogP contribution is 2.19. The fourth-order valence-corrected chi connectivity index (χ4v) is 2.56. The fraction of sp³-hybridized carbons (Fsp3) is 0.471. The SMILES string of the molecule is CC(C)(C)OC(=O)N[C@H](CN1CCN/C1=C\[N+](=O)[O-])c1ccccc1. The minimum atomic E-state index is -0.600. The van der Waals surface area contributed by atoms with Gasteiger partial charge in [0.15, 0.2) is 5.82 Å². The lowest BCUT2D eigenvalue weighted by atomic mass is 10.1. The van der Waals surface area contributed by atoms with Gasteiger partial charge in [-0.2, -0.15) is 0 Å². The molecule has 8 nitrogen and oxygen atoms in total. The van der Waals surface area contributed by atoms with Gasteiger partial charge in [0.2, 0.25) is 0 Å². The van der Waals surface area contributed by atoms with E-state index in [1.165, 1.54) is 0 Å². The number of ether oxygens (including phenoxy) is 1. The van der Waals surface area contributed by atoms with E-state index in [-0.39, 0.29) is 6.04 Å². The molecule has 0 bridgehead atoms. The fourth-order valence-electron chi connectivity index (χ4n) is 2.56. The number of amides is 1. The van der Waals surface area contributed by atoms with Crippen molar-refractivity contribution in [2.24, 2.45) is 0 Å². The van der Waals surface area contributed by atoms with Gasteiger partial charge in [-0.1, -0.05) is 30.3 Å². The van der Waals surface area contributed by atoms with Gasteiger partial charge in [-0.05, 0) is 26.3 Å². The largest absolute Gasteiger partial charge is 0.444 e. The molecule has 0 unspecified atom stereocenters. The van der Waals surface area contributed by atoms with E-state index in [4.69, 9.17) is 4.74 Å². The van der Waals surface area contributed by atoms with Crippen LogP contribution in [0.25, 0.3) is 0 Å². The molecule has 1 heterocycles. The zero-order chi connectivity index (χ0) is 18.4. The summed E-state index contributed by atoms with van der Waals surface area (Å²) in [4.78, 5) is 24.3. The number of alkyl carbamates (subject to hydrolysis) is 1. The van der Waals surface area contributed by atoms with Crippen molar-refractivity contribution in [3.8, 4) is 0 Å². The van der Waals surface area contributed by atoms with Gasteiger partial charge in [0.1, 0.15) is 5.60 Å². The van der Waals surface area contributed by atoms with Crippen molar-refractivity contribution in [2.45, 2.75) is 32.4 Å². The predicted molar refractivity (Wildman–Crippen MR) is 93.2 cm³/mol. The third-order valence-electron chi connectivity index (χ3n) is 3.55. The monoisotopic (exact) mass is 348 g/mol. The van der Waals surface area contributed by atoms with Gasteiger partial charge in [-0.3, -0.25) is 10.1 Å². The average Bonchev–Trinajstić information content (AvgIpc) is 2.92. The molecule has 1 saturated heterocycles. The molecule has 1 aliphatic heterocycles. The number of nitrogens with one attached hydrogen (secondary N) is 2. The van der Waals surface area contributed by atoms with Crippen molar-refractivity contribution in [2.75, 3.05) is 19.6 Å². The number of rotatable bonds is 5. The first-order valence-electron chi connectivity index (χ1n) is 8.13. The van der Waals surface area contributed by atoms with Crippen molar-refractivity contribution < 1.29 is 14.5 Å². The maximum Gasteiger partial charge on any atom is 0.408 e. The molecule has 1 atom stereocenters. The molecule has 2 N–H and O–H groups in total. The van der Waals surface area contributed by atoms with E-state index in [2.05, 4.69) is 10.6 Å². The summed E-state index contributed by atoms with van der Waals surface area (Å²) in [5.41, 5.74) is 0.303. The zero-order valence-electron chi connectivity index (χ0n) is 14.7. The van der Waals surface area contributed by atoms with Crippen LogP contribution < -0.4 is 10.6 Å². The van der Waals surface area contributed by atoms with Crippen molar-refractivity contribution in [1.82, 2.24) is 15.5 Å². The maximum atomic E-state index is 12.2. The van der Waals surface area contributed by atoms with Gasteiger partial charge in [0, 0.05) is 19.6 Å². The summed E-state index contributed by atoms with van der Waals surface area (Å²) in [5, 5.41) is 16.6. The summed E-state index contributed by atoms with van der Waals surface area (Å²) in [6, 6.07) is 9.12. The van der Waals surface area contributed by atoms with Crippen LogP contribution in [0.4, 0.5) is 4.79 Å². The summed E-state index contributed by atoms with van der Waals surface area (Å²) < 4.78 is 5.34. The molecule has 1 aromatic carbocycles. The third kappa shape index (κ3) is 5.98. The Balaban J connectivity index is 2.15. The number of benzene rings is 1. The van der Waals surface area contributed by atoms with E-state index in [0.29, 0.717) is 25.5 Å². The minimum Gasteiger partial charge on any atom is -0.444 e. The quantitative estimate of drug-likeness (QED) is 0.626. The van der Waals surface area contributed by atoms with E-state index < -0.39 is 16.6 Å². The molecule has 1 amide bonds. The smallest absolute Gasteiger partial charge is 0.408 e. The highest BCUT2D eigenvalue weighted by atomic mass is 16.6. The Hall–Kier alpha value is -2.77. The second-order valence-electron chi connectivity index (χ2n) is 6.78. The number of hydrogen-bond acceptors (Lipinski definition) is 6. The van der Waals surface area contributed by atoms with E-state index in [1.54, 1.807) is 20.8 Å². The van der Waals surface area contributed by atoms with Crippen LogP contribution in [0.1, 0.15) is 32.4 Å². The van der Waals surface area contributed by atoms with Gasteiger partial charge in [-0.25, -0.2) is 4.79 Å². The van der Waals surface area contributed by atoms with Crippen LogP contribution in [0.5, 0.6) is 0 Å². The molecular formula is C17H24N4O4. The lowest BCUT2D eigenvalue weighted by Crippen LogP contribution is -2.40. The summed E-state index contributed by atoms with van der Waals surface area (Å²) in [6.07, 6.45) is 0.427. The first-order valence-corrected chi connectivity index (χ1v) is 8.13. The Labute approximate surface area is 147 Å². The number of carbonyl (C=O) groups excluding carboxylic acids is 1. The highest BCUT2D eigenvalue weighted by Gasteiger charge is 2.26. The number of nitrogens with zero attached hydrogens (tertiary/aromatic N) is 2. The highest BCUT2D eigenvalue weighted by molar-refractivity contribution is 5.68. The zero-order valence-corrected chi connectivity index (χ0v) is 14.7. The molecule has 0 aromatic heterocycles. The van der Waals surface area contributed by atoms with Gasteiger partial charge < -0.3 is 20.3 Å². The Bertz CT molecular complexity index is 640. The Morgan fingerprint density at radius 3 is 2.72 bits per heavy atom. The summed E-state index contributed by atoms with van der Waals surface area (Å²) in [5.74, 6) is 0.442. The Morgan fingerprint density at radius 2 is 2.12 bits per heavy atom. The summed E-state index contributed by atoms with van der Waals surface area (Å²) in [6.45, 7) is 7.04. The number of hydrogen-bond donors (Lipinski definition) is 2. The van der Waals surface area contributed by atoms with E-state index in [1.807, 2.05) is 35.2 Å². The molecule has 1 fully saturated rings. The molecule has 136 valence electrons. The molecule has 25 heavy (non-hydrogen) atoms. The van der Waals surface area contributed by atoms with Crippen LogP contribution in [-0.4, -0.2) is 41.2 Å². The predicted octanol–water partition coefficient (Wildman–Crippen LogP) is 2.23. The molecule has 2 rings (SSSR count). The molecule has 1 aliphatic rings. The molecular weight excluding hydrogens is 324 g/mol. The van der Waals surface area contributed by atoms with Gasteiger partial charge in [0.05, 0.1) is 11.0 Å². The minimum absolute atomic E-state index is 0.355. The van der Waals surface area contributed by atoms with Gasteiger partial charge in [0.25, 0.3) is 6.20 Å². The molecule has 0 radical (unpaired) electrons. The van der Waals surface area contributed by atoms with Crippen molar-refractivity contribution in [1.29, 1.82) is 0 Å². The molecule has 0 saturated carbocycles. The Morgan fingerprint density at radius 1 is 1.44 bits per heavy atom. The van der Waals surface area contributed by atoms with Crippen LogP contribution in [-0.2, 0) is 4.74 Å². The molecule has 0 spiro atoms. The maximum absolute atomic E-state index is 12.2. The topological polar surface area (TPSA) is 96.7 Å². The average molecular weight is 348 g/mol. The van der Waals surface area contributed by atoms with Gasteiger partial charge >= 0.3 is 6.09 Å². The van der Waals surface area contributed by atoms with Gasteiger partial charge in [-0.15, -0.1) is 0 Å². The summed E-state index contributed by atoms with van der Waals surface area (Å²) >= 11 is 0. The first kappa shape index (κ1) is 18.6. The molecule has 8 heteroatoms. The molecule has 1 aromatic rings. The van der Waals surface area contributed by atoms with Crippen LogP contribution in [0.3, 0.4) is 0 Å². The lowest BCUT2D eigenvalue weighted by molar-refractivity contribution is -0.404. The Kier molecular flexibility index (Phi) is 5.84. The number of carbonyl (C=O) groups is 1.